The first kappa shape index (κ1) is 15.8. The first-order valence-corrected chi connectivity index (χ1v) is 5.68. The lowest BCUT2D eigenvalue weighted by atomic mass is 10.1. The fourth-order valence-corrected chi connectivity index (χ4v) is 1.48. The summed E-state index contributed by atoms with van der Waals surface area (Å²) in [5.41, 5.74) is 0.0517. The third-order valence-electron chi connectivity index (χ3n) is 2.44. The Morgan fingerprint density at radius 1 is 1.35 bits per heavy atom. The molecule has 1 rings (SSSR count). The van der Waals surface area contributed by atoms with Gasteiger partial charge in [-0.1, -0.05) is 0 Å². The van der Waals surface area contributed by atoms with Crippen molar-refractivity contribution in [2.75, 3.05) is 6.61 Å². The predicted octanol–water partition coefficient (Wildman–Crippen LogP) is 2.75. The Kier molecular flexibility index (Phi) is 4.59. The molecule has 0 radical (unpaired) electrons. The maximum Gasteiger partial charge on any atom is 0.502 e. The number of ether oxygens (including phenoxy) is 2. The van der Waals surface area contributed by atoms with Gasteiger partial charge in [-0.05, 0) is 32.4 Å². The van der Waals surface area contributed by atoms with E-state index in [1.54, 1.807) is 0 Å². The highest BCUT2D eigenvalue weighted by Crippen LogP contribution is 2.31. The fraction of sp³-hybridized carbons (Fsp3) is 0.417. The van der Waals surface area contributed by atoms with Crippen LogP contribution in [0.1, 0.15) is 18.1 Å². The molecule has 0 aliphatic carbocycles. The van der Waals surface area contributed by atoms with Crippen LogP contribution in [0.25, 0.3) is 0 Å². The van der Waals surface area contributed by atoms with Gasteiger partial charge in [0, 0.05) is 11.6 Å². The first-order chi connectivity index (χ1) is 9.19. The third kappa shape index (κ3) is 3.40. The van der Waals surface area contributed by atoms with E-state index in [-0.39, 0.29) is 29.2 Å². The van der Waals surface area contributed by atoms with E-state index in [4.69, 9.17) is 0 Å². The number of aryl methyl sites for hydroxylation is 2. The lowest BCUT2D eigenvalue weighted by Gasteiger charge is -2.17. The second-order valence-corrected chi connectivity index (χ2v) is 4.00. The quantitative estimate of drug-likeness (QED) is 0.473. The molecule has 8 heteroatoms. The summed E-state index contributed by atoms with van der Waals surface area (Å²) in [6, 6.07) is 2.19. The van der Waals surface area contributed by atoms with Gasteiger partial charge in [0.1, 0.15) is 5.75 Å². The molecule has 0 aliphatic rings. The van der Waals surface area contributed by atoms with Crippen LogP contribution in [0.4, 0.5) is 14.5 Å². The number of carbonyl (C=O) groups excluding carboxylic acids is 1. The third-order valence-corrected chi connectivity index (χ3v) is 2.44. The number of esters is 1. The average molecular weight is 289 g/mol. The van der Waals surface area contributed by atoms with Crippen LogP contribution < -0.4 is 4.74 Å². The number of benzene rings is 1. The fourth-order valence-electron chi connectivity index (χ4n) is 1.48. The number of alkyl halides is 2. The Bertz CT molecular complexity index is 545. The summed E-state index contributed by atoms with van der Waals surface area (Å²) >= 11 is 0. The largest absolute Gasteiger partial charge is 0.502 e. The summed E-state index contributed by atoms with van der Waals surface area (Å²) in [7, 11) is 0. The van der Waals surface area contributed by atoms with Crippen molar-refractivity contribution in [1.29, 1.82) is 0 Å². The van der Waals surface area contributed by atoms with E-state index in [9.17, 15) is 23.7 Å². The number of nitro benzene ring substituents is 1. The van der Waals surface area contributed by atoms with Crippen LogP contribution in [0.2, 0.25) is 0 Å². The molecule has 0 N–H and O–H groups in total. The van der Waals surface area contributed by atoms with Crippen LogP contribution in [0.15, 0.2) is 12.1 Å². The van der Waals surface area contributed by atoms with E-state index in [0.29, 0.717) is 0 Å². The molecule has 0 unspecified atom stereocenters. The van der Waals surface area contributed by atoms with Crippen LogP contribution in [-0.2, 0) is 9.53 Å². The molecular weight excluding hydrogens is 276 g/mol. The van der Waals surface area contributed by atoms with Crippen LogP contribution in [0, 0.1) is 24.0 Å². The summed E-state index contributed by atoms with van der Waals surface area (Å²) in [5, 5.41) is 10.7. The molecule has 6 nitrogen and oxygen atoms in total. The Hall–Kier alpha value is -2.25. The molecule has 0 fully saturated rings. The SMILES string of the molecule is CCOC(=O)C(F)(F)Oc1cc(C)c([N+](=O)[O-])cc1C. The van der Waals surface area contributed by atoms with Crippen molar-refractivity contribution < 1.29 is 28.0 Å². The van der Waals surface area contributed by atoms with E-state index in [1.807, 2.05) is 0 Å². The van der Waals surface area contributed by atoms with E-state index >= 15 is 0 Å². The number of rotatable bonds is 5. The molecule has 0 aromatic heterocycles. The maximum atomic E-state index is 13.4. The number of nitro groups is 1. The minimum Gasteiger partial charge on any atom is -0.459 e. The number of carbonyl (C=O) groups is 1. The lowest BCUT2D eigenvalue weighted by molar-refractivity contribution is -0.385. The van der Waals surface area contributed by atoms with Crippen molar-refractivity contribution in [2.24, 2.45) is 0 Å². The minimum atomic E-state index is -4.15. The Balaban J connectivity index is 3.07. The summed E-state index contributed by atoms with van der Waals surface area (Å²) < 4.78 is 35.4. The molecule has 0 saturated heterocycles. The minimum absolute atomic E-state index is 0.117. The zero-order valence-corrected chi connectivity index (χ0v) is 11.1. The smallest absolute Gasteiger partial charge is 0.459 e. The van der Waals surface area contributed by atoms with Crippen LogP contribution in [0.3, 0.4) is 0 Å². The van der Waals surface area contributed by atoms with Gasteiger partial charge in [0.2, 0.25) is 0 Å². The second kappa shape index (κ2) is 5.81. The van der Waals surface area contributed by atoms with Gasteiger partial charge in [-0.25, -0.2) is 4.79 Å². The van der Waals surface area contributed by atoms with Crippen LogP contribution in [-0.4, -0.2) is 23.6 Å². The van der Waals surface area contributed by atoms with Crippen molar-refractivity contribution >= 4 is 11.7 Å². The Morgan fingerprint density at radius 3 is 2.45 bits per heavy atom. The van der Waals surface area contributed by atoms with E-state index in [2.05, 4.69) is 9.47 Å². The Labute approximate surface area is 113 Å². The number of hydrogen-bond donors (Lipinski definition) is 0. The molecular formula is C12H13F2NO5. The molecule has 0 bridgehead atoms. The van der Waals surface area contributed by atoms with Gasteiger partial charge in [-0.15, -0.1) is 0 Å². The number of hydrogen-bond acceptors (Lipinski definition) is 5. The first-order valence-electron chi connectivity index (χ1n) is 5.68. The number of nitrogens with zero attached hydrogens (tertiary/aromatic N) is 1. The zero-order chi connectivity index (χ0) is 15.5. The zero-order valence-electron chi connectivity index (χ0n) is 11.1. The molecule has 0 amide bonds. The Morgan fingerprint density at radius 2 is 1.95 bits per heavy atom. The van der Waals surface area contributed by atoms with Gasteiger partial charge < -0.3 is 9.47 Å². The molecule has 0 spiro atoms. The maximum absolute atomic E-state index is 13.4. The predicted molar refractivity (Wildman–Crippen MR) is 64.8 cm³/mol. The second-order valence-electron chi connectivity index (χ2n) is 4.00. The molecule has 0 heterocycles. The van der Waals surface area contributed by atoms with Gasteiger partial charge >= 0.3 is 12.1 Å². The standard InChI is InChI=1S/C12H13F2NO5/c1-4-19-11(16)12(13,14)20-10-6-7(2)9(15(17)18)5-8(10)3/h5-6H,4H2,1-3H3. The van der Waals surface area contributed by atoms with Gasteiger partial charge in [0.15, 0.2) is 0 Å². The molecule has 0 saturated carbocycles. The highest BCUT2D eigenvalue weighted by Gasteiger charge is 2.44. The highest BCUT2D eigenvalue weighted by molar-refractivity contribution is 5.76. The molecule has 0 aliphatic heterocycles. The van der Waals surface area contributed by atoms with Crippen molar-refractivity contribution in [3.8, 4) is 5.75 Å². The topological polar surface area (TPSA) is 78.7 Å². The van der Waals surface area contributed by atoms with E-state index in [1.165, 1.54) is 20.8 Å². The average Bonchev–Trinajstić information content (AvgIpc) is 2.33. The van der Waals surface area contributed by atoms with Crippen LogP contribution >= 0.6 is 0 Å². The molecule has 0 atom stereocenters. The monoisotopic (exact) mass is 289 g/mol. The van der Waals surface area contributed by atoms with Crippen molar-refractivity contribution in [3.63, 3.8) is 0 Å². The summed E-state index contributed by atoms with van der Waals surface area (Å²) in [6.45, 7) is 3.92. The normalized spacial score (nSPS) is 11.1. The summed E-state index contributed by atoms with van der Waals surface area (Å²) in [6.07, 6.45) is -4.15. The molecule has 110 valence electrons. The van der Waals surface area contributed by atoms with Crippen molar-refractivity contribution in [2.45, 2.75) is 26.9 Å². The van der Waals surface area contributed by atoms with E-state index < -0.39 is 17.0 Å². The summed E-state index contributed by atoms with van der Waals surface area (Å²) in [4.78, 5) is 21.1. The van der Waals surface area contributed by atoms with Gasteiger partial charge in [0.25, 0.3) is 5.69 Å². The highest BCUT2D eigenvalue weighted by atomic mass is 19.3. The van der Waals surface area contributed by atoms with E-state index in [0.717, 1.165) is 12.1 Å². The number of halogens is 2. The lowest BCUT2D eigenvalue weighted by Crippen LogP contribution is -2.37. The molecule has 1 aromatic rings. The van der Waals surface area contributed by atoms with Gasteiger partial charge in [-0.2, -0.15) is 8.78 Å². The van der Waals surface area contributed by atoms with Crippen molar-refractivity contribution in [1.82, 2.24) is 0 Å². The van der Waals surface area contributed by atoms with Gasteiger partial charge in [-0.3, -0.25) is 10.1 Å². The van der Waals surface area contributed by atoms with Crippen LogP contribution in [0.5, 0.6) is 5.75 Å². The molecule has 20 heavy (non-hydrogen) atoms. The van der Waals surface area contributed by atoms with Gasteiger partial charge in [0.05, 0.1) is 11.5 Å². The van der Waals surface area contributed by atoms with Crippen molar-refractivity contribution in [3.05, 3.63) is 33.4 Å². The molecule has 1 aromatic carbocycles. The summed E-state index contributed by atoms with van der Waals surface area (Å²) in [5.74, 6) is -2.12.